The molecule has 2 aromatic heterocycles. The van der Waals surface area contributed by atoms with Crippen LogP contribution in [0.4, 0.5) is 19.0 Å². The van der Waals surface area contributed by atoms with Crippen molar-refractivity contribution in [1.29, 1.82) is 0 Å². The smallest absolute Gasteiger partial charge is 0.387 e. The fourth-order valence-corrected chi connectivity index (χ4v) is 3.81. The summed E-state index contributed by atoms with van der Waals surface area (Å²) in [7, 11) is 0. The summed E-state index contributed by atoms with van der Waals surface area (Å²) in [4.78, 5) is 12.4. The van der Waals surface area contributed by atoms with Crippen LogP contribution in [0.15, 0.2) is 36.8 Å². The highest BCUT2D eigenvalue weighted by Crippen LogP contribution is 2.39. The first kappa shape index (κ1) is 24.0. The van der Waals surface area contributed by atoms with Crippen molar-refractivity contribution >= 4 is 40.1 Å². The van der Waals surface area contributed by atoms with Crippen molar-refractivity contribution < 1.29 is 38.1 Å². The number of ether oxygens (including phenoxy) is 1. The normalized spacial score (nSPS) is 24.4. The Morgan fingerprint density at radius 2 is 1.91 bits per heavy atom. The lowest BCUT2D eigenvalue weighted by Gasteiger charge is -2.21. The minimum absolute atomic E-state index is 0.0385. The predicted molar refractivity (Wildman–Crippen MR) is 111 cm³/mol. The number of nitrogens with zero attached hydrogens (tertiary/aromatic N) is 3. The molecule has 4 N–H and O–H groups in total. The van der Waals surface area contributed by atoms with Crippen molar-refractivity contribution in [1.82, 2.24) is 14.5 Å². The average molecular weight is 509 g/mol. The number of aliphatic hydroxyl groups is 3. The van der Waals surface area contributed by atoms with Crippen LogP contribution in [-0.4, -0.2) is 60.9 Å². The second-order valence-electron chi connectivity index (χ2n) is 7.28. The van der Waals surface area contributed by atoms with Gasteiger partial charge >= 0.3 is 6.18 Å². The molecule has 0 radical (unpaired) electrons. The van der Waals surface area contributed by atoms with Crippen LogP contribution in [-0.2, 0) is 9.57 Å². The van der Waals surface area contributed by atoms with Crippen LogP contribution < -0.4 is 5.48 Å². The molecule has 0 amide bonds. The molecular weight excluding hydrogens is 492 g/mol. The monoisotopic (exact) mass is 508 g/mol. The molecule has 0 spiro atoms. The van der Waals surface area contributed by atoms with Gasteiger partial charge in [0.05, 0.1) is 15.4 Å². The molecular formula is C19H17Cl2F3N4O5. The minimum Gasteiger partial charge on any atom is -0.387 e. The number of rotatable bonds is 6. The molecule has 1 aliphatic heterocycles. The van der Waals surface area contributed by atoms with Crippen molar-refractivity contribution in [2.24, 2.45) is 0 Å². The van der Waals surface area contributed by atoms with E-state index >= 15 is 0 Å². The van der Waals surface area contributed by atoms with Gasteiger partial charge < -0.3 is 24.6 Å². The lowest BCUT2D eigenvalue weighted by molar-refractivity contribution is -0.167. The molecule has 3 aromatic rings. The summed E-state index contributed by atoms with van der Waals surface area (Å²) in [5.41, 5.74) is 2.62. The highest BCUT2D eigenvalue weighted by Gasteiger charge is 2.47. The average Bonchev–Trinajstić information content (AvgIpc) is 3.31. The third-order valence-electron chi connectivity index (χ3n) is 5.06. The van der Waals surface area contributed by atoms with Gasteiger partial charge in [-0.05, 0) is 23.8 Å². The van der Waals surface area contributed by atoms with E-state index in [-0.39, 0.29) is 26.9 Å². The fourth-order valence-electron chi connectivity index (χ4n) is 3.51. The zero-order valence-electron chi connectivity index (χ0n) is 16.4. The van der Waals surface area contributed by atoms with Gasteiger partial charge in [-0.2, -0.15) is 13.2 Å². The van der Waals surface area contributed by atoms with Crippen molar-refractivity contribution in [3.8, 4) is 0 Å². The van der Waals surface area contributed by atoms with E-state index in [4.69, 9.17) is 27.9 Å². The lowest BCUT2D eigenvalue weighted by Crippen LogP contribution is -2.34. The van der Waals surface area contributed by atoms with Gasteiger partial charge in [0.1, 0.15) is 36.4 Å². The van der Waals surface area contributed by atoms with Crippen molar-refractivity contribution in [2.45, 2.75) is 36.8 Å². The Kier molecular flexibility index (Phi) is 6.69. The van der Waals surface area contributed by atoms with Crippen molar-refractivity contribution in [3.63, 3.8) is 0 Å². The predicted octanol–water partition coefficient (Wildman–Crippen LogP) is 3.00. The summed E-state index contributed by atoms with van der Waals surface area (Å²) in [5, 5.41) is 32.6. The summed E-state index contributed by atoms with van der Waals surface area (Å²) in [5.74, 6) is -0.0385. The Hall–Kier alpha value is -2.19. The highest BCUT2D eigenvalue weighted by atomic mass is 35.5. The maximum absolute atomic E-state index is 12.3. The quantitative estimate of drug-likeness (QED) is 0.375. The molecule has 0 bridgehead atoms. The fraction of sp³-hybridized carbons (Fsp3) is 0.368. The zero-order chi connectivity index (χ0) is 23.9. The van der Waals surface area contributed by atoms with Gasteiger partial charge in [-0.1, -0.05) is 29.3 Å². The van der Waals surface area contributed by atoms with Crippen LogP contribution in [0, 0.1) is 0 Å². The number of alkyl halides is 3. The standard InChI is InChI=1S/C19H17Cl2F3N4O5/c20-10-2-1-8(5-11(10)21)12(29)15-13(30)14(31)18(33-15)28-4-3-9-16(25-7-26-17(9)28)27-32-6-19(22,23)24/h1-5,7,12-15,18,29-31H,6H2,(H,25,26,27)/t12?,13-,14+,15+,18+/m0/s1. The number of nitrogens with one attached hydrogen (secondary N) is 1. The number of benzene rings is 1. The molecule has 1 aromatic carbocycles. The first-order chi connectivity index (χ1) is 15.6. The number of fused-ring (bicyclic) bond motifs is 1. The van der Waals surface area contributed by atoms with E-state index in [0.29, 0.717) is 5.56 Å². The number of halogens is 5. The number of hydrogen-bond acceptors (Lipinski definition) is 8. The second-order valence-corrected chi connectivity index (χ2v) is 8.09. The van der Waals surface area contributed by atoms with Crippen LogP contribution in [0.1, 0.15) is 17.9 Å². The molecule has 1 fully saturated rings. The van der Waals surface area contributed by atoms with Gasteiger partial charge in [0.25, 0.3) is 0 Å². The molecule has 0 aliphatic carbocycles. The Bertz CT molecular complexity index is 1150. The third kappa shape index (κ3) is 4.87. The Morgan fingerprint density at radius 3 is 2.61 bits per heavy atom. The SMILES string of the molecule is OC(c1ccc(Cl)c(Cl)c1)[C@H]1O[C@@H](n2ccc3c(NOCC(F)(F)F)ncnc32)[C@H](O)[C@@H]1O. The Labute approximate surface area is 194 Å². The number of aliphatic hydroxyl groups excluding tert-OH is 3. The topological polar surface area (TPSA) is 122 Å². The van der Waals surface area contributed by atoms with Crippen molar-refractivity contribution in [3.05, 3.63) is 52.4 Å². The van der Waals surface area contributed by atoms with Crippen LogP contribution in [0.3, 0.4) is 0 Å². The molecule has 4 rings (SSSR count). The number of hydrogen-bond donors (Lipinski definition) is 4. The van der Waals surface area contributed by atoms with Crippen LogP contribution in [0.2, 0.25) is 10.0 Å². The molecule has 0 saturated carbocycles. The van der Waals surface area contributed by atoms with Gasteiger partial charge in [-0.15, -0.1) is 0 Å². The van der Waals surface area contributed by atoms with E-state index in [1.807, 2.05) is 0 Å². The van der Waals surface area contributed by atoms with Crippen LogP contribution >= 0.6 is 23.2 Å². The van der Waals surface area contributed by atoms with Crippen molar-refractivity contribution in [2.75, 3.05) is 12.1 Å². The van der Waals surface area contributed by atoms with E-state index in [1.54, 1.807) is 0 Å². The van der Waals surface area contributed by atoms with Gasteiger partial charge in [0.15, 0.2) is 18.7 Å². The molecule has 1 aliphatic rings. The molecule has 1 unspecified atom stereocenters. The van der Waals surface area contributed by atoms with E-state index in [1.165, 1.54) is 35.0 Å². The molecule has 14 heteroatoms. The molecule has 178 valence electrons. The van der Waals surface area contributed by atoms with Gasteiger partial charge in [-0.25, -0.2) is 15.4 Å². The van der Waals surface area contributed by atoms with Gasteiger partial charge in [0, 0.05) is 6.20 Å². The summed E-state index contributed by atoms with van der Waals surface area (Å²) >= 11 is 11.9. The summed E-state index contributed by atoms with van der Waals surface area (Å²) in [6.07, 6.45) is -8.69. The maximum Gasteiger partial charge on any atom is 0.414 e. The van der Waals surface area contributed by atoms with Gasteiger partial charge in [0.2, 0.25) is 0 Å². The Balaban J connectivity index is 1.57. The summed E-state index contributed by atoms with van der Waals surface area (Å²) in [6, 6.07) is 5.87. The molecule has 1 saturated heterocycles. The summed E-state index contributed by atoms with van der Waals surface area (Å²) in [6.45, 7) is -1.54. The second kappa shape index (κ2) is 9.22. The van der Waals surface area contributed by atoms with Crippen LogP contribution in [0.25, 0.3) is 11.0 Å². The van der Waals surface area contributed by atoms with Gasteiger partial charge in [-0.3, -0.25) is 4.84 Å². The van der Waals surface area contributed by atoms with E-state index in [9.17, 15) is 28.5 Å². The Morgan fingerprint density at radius 1 is 1.15 bits per heavy atom. The summed E-state index contributed by atoms with van der Waals surface area (Å²) < 4.78 is 44.1. The minimum atomic E-state index is -4.53. The van der Waals surface area contributed by atoms with Crippen LogP contribution in [0.5, 0.6) is 0 Å². The lowest BCUT2D eigenvalue weighted by atomic mass is 9.99. The largest absolute Gasteiger partial charge is 0.414 e. The molecule has 3 heterocycles. The third-order valence-corrected chi connectivity index (χ3v) is 5.80. The molecule has 33 heavy (non-hydrogen) atoms. The van der Waals surface area contributed by atoms with E-state index in [0.717, 1.165) is 6.33 Å². The number of anilines is 1. The number of aromatic nitrogens is 3. The molecule has 9 nitrogen and oxygen atoms in total. The first-order valence-corrected chi connectivity index (χ1v) is 10.2. The maximum atomic E-state index is 12.3. The zero-order valence-corrected chi connectivity index (χ0v) is 18.0. The highest BCUT2D eigenvalue weighted by molar-refractivity contribution is 6.42. The molecule has 5 atom stereocenters. The van der Waals surface area contributed by atoms with E-state index in [2.05, 4.69) is 20.3 Å². The first-order valence-electron chi connectivity index (χ1n) is 9.47. The van der Waals surface area contributed by atoms with E-state index < -0.39 is 43.4 Å².